The van der Waals surface area contributed by atoms with Crippen molar-refractivity contribution >= 4 is 16.7 Å². The minimum Gasteiger partial charge on any atom is -0.399 e. The average molecular weight is 231 g/mol. The lowest BCUT2D eigenvalue weighted by Crippen LogP contribution is -2.08. The summed E-state index contributed by atoms with van der Waals surface area (Å²) in [6.45, 7) is 0.942. The first-order valence-electron chi connectivity index (χ1n) is 6.11. The Morgan fingerprint density at radius 3 is 3.06 bits per heavy atom. The van der Waals surface area contributed by atoms with E-state index < -0.39 is 0 Å². The van der Waals surface area contributed by atoms with Crippen LogP contribution in [0.5, 0.6) is 0 Å². The second-order valence-corrected chi connectivity index (χ2v) is 4.98. The molecule has 1 aromatic carbocycles. The van der Waals surface area contributed by atoms with Crippen LogP contribution in [0.4, 0.5) is 5.69 Å². The summed E-state index contributed by atoms with van der Waals surface area (Å²) in [7, 11) is 0. The van der Waals surface area contributed by atoms with Gasteiger partial charge in [-0.25, -0.2) is 4.98 Å². The summed E-state index contributed by atoms with van der Waals surface area (Å²) in [6.07, 6.45) is 4.72. The molecule has 1 aliphatic rings. The molecule has 0 saturated heterocycles. The van der Waals surface area contributed by atoms with Gasteiger partial charge in [-0.15, -0.1) is 0 Å². The van der Waals surface area contributed by atoms with Crippen molar-refractivity contribution in [3.63, 3.8) is 0 Å². The number of rotatable bonds is 2. The summed E-state index contributed by atoms with van der Waals surface area (Å²) in [5.41, 5.74) is 8.55. The van der Waals surface area contributed by atoms with Crippen molar-refractivity contribution in [2.75, 3.05) is 5.73 Å². The highest BCUT2D eigenvalue weighted by Gasteiger charge is 2.23. The molecule has 3 rings (SSSR count). The van der Waals surface area contributed by atoms with E-state index in [9.17, 15) is 5.11 Å². The van der Waals surface area contributed by atoms with Gasteiger partial charge in [-0.2, -0.15) is 0 Å². The van der Waals surface area contributed by atoms with Crippen LogP contribution in [0.2, 0.25) is 0 Å². The largest absolute Gasteiger partial charge is 0.399 e. The summed E-state index contributed by atoms with van der Waals surface area (Å²) in [5, 5.41) is 9.54. The van der Waals surface area contributed by atoms with Gasteiger partial charge in [0.15, 0.2) is 0 Å². The lowest BCUT2D eigenvalue weighted by molar-refractivity contribution is 0.176. The Morgan fingerprint density at radius 1 is 1.41 bits per heavy atom. The predicted molar refractivity (Wildman–Crippen MR) is 67.5 cm³/mol. The van der Waals surface area contributed by atoms with Gasteiger partial charge in [0, 0.05) is 12.2 Å². The number of nitrogens with zero attached hydrogens (tertiary/aromatic N) is 2. The van der Waals surface area contributed by atoms with Gasteiger partial charge in [0.05, 0.1) is 23.5 Å². The third kappa shape index (κ3) is 2.00. The van der Waals surface area contributed by atoms with E-state index in [-0.39, 0.29) is 6.10 Å². The van der Waals surface area contributed by atoms with Crippen molar-refractivity contribution in [2.45, 2.75) is 31.9 Å². The quantitative estimate of drug-likeness (QED) is 0.774. The number of benzene rings is 1. The molecule has 17 heavy (non-hydrogen) atoms. The molecule has 1 saturated carbocycles. The topological polar surface area (TPSA) is 64.1 Å². The highest BCUT2D eigenvalue weighted by molar-refractivity contribution is 5.78. The molecule has 2 aromatic rings. The third-order valence-corrected chi connectivity index (χ3v) is 3.61. The number of imidazole rings is 1. The molecule has 1 fully saturated rings. The molecule has 0 aliphatic heterocycles. The van der Waals surface area contributed by atoms with Crippen molar-refractivity contribution in [2.24, 2.45) is 5.92 Å². The molecule has 2 unspecified atom stereocenters. The fourth-order valence-corrected chi connectivity index (χ4v) is 2.72. The standard InChI is InChI=1S/C13H17N3O/c14-10-2-4-13-12(6-10)15-8-16(13)7-9-1-3-11(17)5-9/h2,4,6,8-9,11,17H,1,3,5,7,14H2. The molecule has 2 atom stereocenters. The molecule has 0 bridgehead atoms. The number of anilines is 1. The minimum atomic E-state index is -0.106. The van der Waals surface area contributed by atoms with Gasteiger partial charge in [-0.3, -0.25) is 0 Å². The van der Waals surface area contributed by atoms with Crippen LogP contribution in [0.1, 0.15) is 19.3 Å². The van der Waals surface area contributed by atoms with E-state index in [2.05, 4.69) is 9.55 Å². The van der Waals surface area contributed by atoms with Gasteiger partial charge in [0.2, 0.25) is 0 Å². The second-order valence-electron chi connectivity index (χ2n) is 4.98. The van der Waals surface area contributed by atoms with E-state index >= 15 is 0 Å². The molecule has 90 valence electrons. The van der Waals surface area contributed by atoms with Crippen molar-refractivity contribution in [3.8, 4) is 0 Å². The van der Waals surface area contributed by atoms with Crippen LogP contribution >= 0.6 is 0 Å². The van der Waals surface area contributed by atoms with E-state index in [1.807, 2.05) is 24.5 Å². The predicted octanol–water partition coefficient (Wildman–Crippen LogP) is 1.78. The zero-order valence-corrected chi connectivity index (χ0v) is 9.71. The summed E-state index contributed by atoms with van der Waals surface area (Å²) in [4.78, 5) is 4.36. The molecule has 1 aromatic heterocycles. The maximum atomic E-state index is 9.54. The smallest absolute Gasteiger partial charge is 0.0958 e. The molecule has 3 N–H and O–H groups in total. The molecule has 1 heterocycles. The van der Waals surface area contributed by atoms with E-state index in [1.165, 1.54) is 0 Å². The molecular weight excluding hydrogens is 214 g/mol. The van der Waals surface area contributed by atoms with Gasteiger partial charge in [0.25, 0.3) is 0 Å². The minimum absolute atomic E-state index is 0.106. The van der Waals surface area contributed by atoms with Crippen LogP contribution in [-0.4, -0.2) is 20.8 Å². The van der Waals surface area contributed by atoms with Gasteiger partial charge < -0.3 is 15.4 Å². The average Bonchev–Trinajstić information content (AvgIpc) is 2.86. The van der Waals surface area contributed by atoms with Gasteiger partial charge in [0.1, 0.15) is 0 Å². The zero-order chi connectivity index (χ0) is 11.8. The first-order chi connectivity index (χ1) is 8.22. The Balaban J connectivity index is 1.85. The number of hydrogen-bond acceptors (Lipinski definition) is 3. The summed E-state index contributed by atoms with van der Waals surface area (Å²) in [5.74, 6) is 0.569. The summed E-state index contributed by atoms with van der Waals surface area (Å²) < 4.78 is 2.16. The Labute approximate surface area is 100 Å². The maximum absolute atomic E-state index is 9.54. The van der Waals surface area contributed by atoms with Crippen molar-refractivity contribution in [1.29, 1.82) is 0 Å². The van der Waals surface area contributed by atoms with Gasteiger partial charge in [-0.1, -0.05) is 0 Å². The van der Waals surface area contributed by atoms with Crippen LogP contribution in [0.25, 0.3) is 11.0 Å². The normalized spacial score (nSPS) is 24.5. The van der Waals surface area contributed by atoms with Crippen LogP contribution in [0, 0.1) is 5.92 Å². The van der Waals surface area contributed by atoms with Crippen LogP contribution < -0.4 is 5.73 Å². The Bertz CT molecular complexity index is 534. The van der Waals surface area contributed by atoms with Gasteiger partial charge >= 0.3 is 0 Å². The van der Waals surface area contributed by atoms with E-state index in [1.54, 1.807) is 0 Å². The van der Waals surface area contributed by atoms with Crippen LogP contribution in [0.3, 0.4) is 0 Å². The lowest BCUT2D eigenvalue weighted by atomic mass is 10.1. The molecule has 4 nitrogen and oxygen atoms in total. The Kier molecular flexibility index (Phi) is 2.52. The molecule has 0 radical (unpaired) electrons. The number of fused-ring (bicyclic) bond motifs is 1. The van der Waals surface area contributed by atoms with Crippen molar-refractivity contribution in [3.05, 3.63) is 24.5 Å². The summed E-state index contributed by atoms with van der Waals surface area (Å²) >= 11 is 0. The number of aliphatic hydroxyl groups is 1. The summed E-state index contributed by atoms with van der Waals surface area (Å²) in [6, 6.07) is 5.82. The second kappa shape index (κ2) is 4.04. The molecular formula is C13H17N3O. The number of nitrogen functional groups attached to an aromatic ring is 1. The highest BCUT2D eigenvalue weighted by Crippen LogP contribution is 2.28. The monoisotopic (exact) mass is 231 g/mol. The van der Waals surface area contributed by atoms with Crippen molar-refractivity contribution < 1.29 is 5.11 Å². The van der Waals surface area contributed by atoms with Crippen molar-refractivity contribution in [1.82, 2.24) is 9.55 Å². The van der Waals surface area contributed by atoms with Crippen LogP contribution in [0.15, 0.2) is 24.5 Å². The fourth-order valence-electron chi connectivity index (χ4n) is 2.72. The number of nitrogens with two attached hydrogens (primary N) is 1. The molecule has 0 amide bonds. The molecule has 4 heteroatoms. The number of aromatic nitrogens is 2. The zero-order valence-electron chi connectivity index (χ0n) is 9.71. The number of aliphatic hydroxyl groups excluding tert-OH is 1. The van der Waals surface area contributed by atoms with Crippen LogP contribution in [-0.2, 0) is 6.54 Å². The molecule has 0 spiro atoms. The Hall–Kier alpha value is -1.55. The first-order valence-corrected chi connectivity index (χ1v) is 6.11. The maximum Gasteiger partial charge on any atom is 0.0958 e. The Morgan fingerprint density at radius 2 is 2.29 bits per heavy atom. The first kappa shape index (κ1) is 10.6. The highest BCUT2D eigenvalue weighted by atomic mass is 16.3. The van der Waals surface area contributed by atoms with Gasteiger partial charge in [-0.05, 0) is 43.4 Å². The third-order valence-electron chi connectivity index (χ3n) is 3.61. The van der Waals surface area contributed by atoms with E-state index in [0.29, 0.717) is 5.92 Å². The number of hydrogen-bond donors (Lipinski definition) is 2. The lowest BCUT2D eigenvalue weighted by Gasteiger charge is -2.10. The van der Waals surface area contributed by atoms with E-state index in [0.717, 1.165) is 42.5 Å². The SMILES string of the molecule is Nc1ccc2c(c1)ncn2CC1CCC(O)C1. The fraction of sp³-hybridized carbons (Fsp3) is 0.462. The van der Waals surface area contributed by atoms with E-state index in [4.69, 9.17) is 5.73 Å². The molecule has 1 aliphatic carbocycles.